The van der Waals surface area contributed by atoms with Crippen LogP contribution in [-0.4, -0.2) is 36.0 Å². The molecule has 1 aliphatic carbocycles. The largest absolute Gasteiger partial charge is 0.394 e. The van der Waals surface area contributed by atoms with Gasteiger partial charge in [0.15, 0.2) is 0 Å². The van der Waals surface area contributed by atoms with Crippen molar-refractivity contribution in [2.75, 3.05) is 19.7 Å². The summed E-state index contributed by atoms with van der Waals surface area (Å²) in [6.07, 6.45) is 0.668. The van der Waals surface area contributed by atoms with Crippen LogP contribution >= 0.6 is 0 Å². The molecule has 1 saturated carbocycles. The number of aliphatic hydroxyl groups is 2. The van der Waals surface area contributed by atoms with Crippen LogP contribution < -0.4 is 5.32 Å². The number of aliphatic hydroxyl groups excluding tert-OH is 2. The molecule has 0 amide bonds. The Hall–Kier alpha value is -0.120. The van der Waals surface area contributed by atoms with E-state index >= 15 is 0 Å². The minimum absolute atomic E-state index is 0.152. The van der Waals surface area contributed by atoms with Crippen LogP contribution in [0, 0.1) is 11.3 Å². The van der Waals surface area contributed by atoms with Gasteiger partial charge < -0.3 is 15.5 Å². The van der Waals surface area contributed by atoms with Crippen molar-refractivity contribution in [1.82, 2.24) is 5.32 Å². The molecule has 0 aromatic heterocycles. The third-order valence-electron chi connectivity index (χ3n) is 2.70. The zero-order valence-electron chi connectivity index (χ0n) is 7.88. The SMILES string of the molecule is CC1(C)CC1CNCC(O)CO. The van der Waals surface area contributed by atoms with Crippen molar-refractivity contribution in [3.63, 3.8) is 0 Å². The van der Waals surface area contributed by atoms with Crippen LogP contribution in [0.15, 0.2) is 0 Å². The van der Waals surface area contributed by atoms with Gasteiger partial charge in [-0.25, -0.2) is 0 Å². The molecule has 0 bridgehead atoms. The smallest absolute Gasteiger partial charge is 0.0894 e. The van der Waals surface area contributed by atoms with E-state index in [0.717, 1.165) is 12.5 Å². The van der Waals surface area contributed by atoms with E-state index in [4.69, 9.17) is 10.2 Å². The van der Waals surface area contributed by atoms with E-state index in [0.29, 0.717) is 12.0 Å². The molecule has 0 aromatic carbocycles. The number of nitrogens with one attached hydrogen (secondary N) is 1. The minimum atomic E-state index is -0.605. The molecule has 3 heteroatoms. The van der Waals surface area contributed by atoms with Gasteiger partial charge in [0.05, 0.1) is 12.7 Å². The Morgan fingerprint density at radius 1 is 1.58 bits per heavy atom. The fourth-order valence-electron chi connectivity index (χ4n) is 1.41. The quantitative estimate of drug-likeness (QED) is 0.547. The van der Waals surface area contributed by atoms with Gasteiger partial charge in [0.1, 0.15) is 0 Å². The summed E-state index contributed by atoms with van der Waals surface area (Å²) >= 11 is 0. The summed E-state index contributed by atoms with van der Waals surface area (Å²) in [5, 5.41) is 20.7. The van der Waals surface area contributed by atoms with Crippen molar-refractivity contribution >= 4 is 0 Å². The summed E-state index contributed by atoms with van der Waals surface area (Å²) in [5.74, 6) is 0.753. The Morgan fingerprint density at radius 2 is 2.17 bits per heavy atom. The average molecular weight is 173 g/mol. The number of rotatable bonds is 5. The highest BCUT2D eigenvalue weighted by Crippen LogP contribution is 2.50. The van der Waals surface area contributed by atoms with Crippen LogP contribution in [-0.2, 0) is 0 Å². The summed E-state index contributed by atoms with van der Waals surface area (Å²) in [5.41, 5.74) is 0.497. The van der Waals surface area contributed by atoms with E-state index < -0.39 is 6.10 Å². The van der Waals surface area contributed by atoms with Crippen LogP contribution in [0.3, 0.4) is 0 Å². The van der Waals surface area contributed by atoms with Crippen molar-refractivity contribution in [1.29, 1.82) is 0 Å². The zero-order chi connectivity index (χ0) is 9.19. The van der Waals surface area contributed by atoms with Gasteiger partial charge in [-0.2, -0.15) is 0 Å². The highest BCUT2D eigenvalue weighted by molar-refractivity contribution is 4.96. The van der Waals surface area contributed by atoms with Gasteiger partial charge in [0.25, 0.3) is 0 Å². The lowest BCUT2D eigenvalue weighted by molar-refractivity contribution is 0.0941. The fraction of sp³-hybridized carbons (Fsp3) is 1.00. The monoisotopic (exact) mass is 173 g/mol. The molecule has 0 radical (unpaired) electrons. The number of hydrogen-bond acceptors (Lipinski definition) is 3. The summed E-state index contributed by atoms with van der Waals surface area (Å²) in [6.45, 7) is 5.82. The minimum Gasteiger partial charge on any atom is -0.394 e. The van der Waals surface area contributed by atoms with Crippen LogP contribution in [0.4, 0.5) is 0 Å². The summed E-state index contributed by atoms with van der Waals surface area (Å²) in [4.78, 5) is 0. The first kappa shape index (κ1) is 9.96. The molecule has 3 nitrogen and oxygen atoms in total. The number of hydrogen-bond donors (Lipinski definition) is 3. The molecule has 72 valence electrons. The van der Waals surface area contributed by atoms with E-state index in [1.54, 1.807) is 0 Å². The van der Waals surface area contributed by atoms with Gasteiger partial charge in [0.2, 0.25) is 0 Å². The first-order valence-corrected chi connectivity index (χ1v) is 4.56. The van der Waals surface area contributed by atoms with Gasteiger partial charge in [-0.05, 0) is 24.3 Å². The second-order valence-electron chi connectivity index (χ2n) is 4.38. The van der Waals surface area contributed by atoms with Gasteiger partial charge in [-0.3, -0.25) is 0 Å². The molecular weight excluding hydrogens is 154 g/mol. The highest BCUT2D eigenvalue weighted by Gasteiger charge is 2.44. The van der Waals surface area contributed by atoms with E-state index in [1.165, 1.54) is 6.42 Å². The van der Waals surface area contributed by atoms with Crippen molar-refractivity contribution < 1.29 is 10.2 Å². The van der Waals surface area contributed by atoms with Crippen molar-refractivity contribution in [3.8, 4) is 0 Å². The molecule has 0 heterocycles. The normalized spacial score (nSPS) is 28.5. The van der Waals surface area contributed by atoms with Gasteiger partial charge in [0, 0.05) is 6.54 Å². The zero-order valence-corrected chi connectivity index (χ0v) is 7.88. The maximum Gasteiger partial charge on any atom is 0.0894 e. The van der Waals surface area contributed by atoms with Crippen LogP contribution in [0.1, 0.15) is 20.3 Å². The van der Waals surface area contributed by atoms with Crippen LogP contribution in [0.2, 0.25) is 0 Å². The van der Waals surface area contributed by atoms with E-state index in [1.807, 2.05) is 0 Å². The molecule has 2 atom stereocenters. The molecule has 0 saturated heterocycles. The lowest BCUT2D eigenvalue weighted by Crippen LogP contribution is -2.31. The molecule has 1 fully saturated rings. The molecule has 2 unspecified atom stereocenters. The van der Waals surface area contributed by atoms with Crippen molar-refractivity contribution in [2.45, 2.75) is 26.4 Å². The van der Waals surface area contributed by atoms with Crippen LogP contribution in [0.5, 0.6) is 0 Å². The molecule has 0 aliphatic heterocycles. The summed E-state index contributed by atoms with van der Waals surface area (Å²) < 4.78 is 0. The second kappa shape index (κ2) is 3.73. The second-order valence-corrected chi connectivity index (χ2v) is 4.38. The topological polar surface area (TPSA) is 52.5 Å². The van der Waals surface area contributed by atoms with Gasteiger partial charge in [-0.1, -0.05) is 13.8 Å². The summed E-state index contributed by atoms with van der Waals surface area (Å²) in [7, 11) is 0. The van der Waals surface area contributed by atoms with Gasteiger partial charge in [-0.15, -0.1) is 0 Å². The maximum atomic E-state index is 9.01. The third-order valence-corrected chi connectivity index (χ3v) is 2.70. The molecule has 1 aliphatic rings. The molecule has 0 spiro atoms. The predicted octanol–water partition coefficient (Wildman–Crippen LogP) is -0.0247. The molecule has 3 N–H and O–H groups in total. The molecule has 1 rings (SSSR count). The lowest BCUT2D eigenvalue weighted by Gasteiger charge is -2.09. The lowest BCUT2D eigenvalue weighted by atomic mass is 10.1. The van der Waals surface area contributed by atoms with Crippen molar-refractivity contribution in [2.24, 2.45) is 11.3 Å². The van der Waals surface area contributed by atoms with Gasteiger partial charge >= 0.3 is 0 Å². The van der Waals surface area contributed by atoms with Crippen molar-refractivity contribution in [3.05, 3.63) is 0 Å². The molecule has 0 aromatic rings. The molecule has 12 heavy (non-hydrogen) atoms. The first-order valence-electron chi connectivity index (χ1n) is 4.56. The third kappa shape index (κ3) is 2.73. The van der Waals surface area contributed by atoms with Crippen LogP contribution in [0.25, 0.3) is 0 Å². The predicted molar refractivity (Wildman–Crippen MR) is 47.9 cm³/mol. The van der Waals surface area contributed by atoms with E-state index in [2.05, 4.69) is 19.2 Å². The average Bonchev–Trinajstić information content (AvgIpc) is 2.59. The first-order chi connectivity index (χ1) is 5.56. The van der Waals surface area contributed by atoms with E-state index in [9.17, 15) is 0 Å². The Morgan fingerprint density at radius 3 is 2.58 bits per heavy atom. The fourth-order valence-corrected chi connectivity index (χ4v) is 1.41. The molecular formula is C9H19NO2. The Labute approximate surface area is 73.8 Å². The Balaban J connectivity index is 1.98. The Kier molecular flexibility index (Phi) is 3.09. The Bertz CT molecular complexity index is 147. The standard InChI is InChI=1S/C9H19NO2/c1-9(2)3-7(9)4-10-5-8(12)6-11/h7-8,10-12H,3-6H2,1-2H3. The maximum absolute atomic E-state index is 9.01. The highest BCUT2D eigenvalue weighted by atomic mass is 16.3. The van der Waals surface area contributed by atoms with E-state index in [-0.39, 0.29) is 6.61 Å². The summed E-state index contributed by atoms with van der Waals surface area (Å²) in [6, 6.07) is 0.